The first-order valence-electron chi connectivity index (χ1n) is 7.42. The highest BCUT2D eigenvalue weighted by Crippen LogP contribution is 2.43. The fourth-order valence-corrected chi connectivity index (χ4v) is 3.81. The van der Waals surface area contributed by atoms with Crippen LogP contribution in [0.25, 0.3) is 0 Å². The maximum absolute atomic E-state index is 12.8. The van der Waals surface area contributed by atoms with Crippen molar-refractivity contribution in [1.82, 2.24) is 0 Å². The summed E-state index contributed by atoms with van der Waals surface area (Å²) in [4.78, 5) is 12.8. The summed E-state index contributed by atoms with van der Waals surface area (Å²) in [6.45, 7) is 2.18. The summed E-state index contributed by atoms with van der Waals surface area (Å²) in [5, 5.41) is 0. The van der Waals surface area contributed by atoms with Crippen molar-refractivity contribution in [3.8, 4) is 0 Å². The minimum absolute atomic E-state index is 0.0349. The SMILES string of the molecule is CCC1(C(=O)c2ccc3c(c2)CCC3)CCCC1. The van der Waals surface area contributed by atoms with E-state index in [-0.39, 0.29) is 5.41 Å². The van der Waals surface area contributed by atoms with Crippen LogP contribution in [0.4, 0.5) is 0 Å². The molecule has 96 valence electrons. The molecule has 1 aromatic rings. The maximum Gasteiger partial charge on any atom is 0.168 e. The molecule has 0 aliphatic heterocycles. The number of benzene rings is 1. The standard InChI is InChI=1S/C17H22O/c1-2-17(10-3-4-11-17)16(18)15-9-8-13-6-5-7-14(13)12-15/h8-9,12H,2-7,10-11H2,1H3. The minimum atomic E-state index is -0.0349. The average molecular weight is 242 g/mol. The van der Waals surface area contributed by atoms with Crippen LogP contribution in [-0.2, 0) is 12.8 Å². The van der Waals surface area contributed by atoms with E-state index in [0.717, 1.165) is 31.2 Å². The third kappa shape index (κ3) is 1.81. The minimum Gasteiger partial charge on any atom is -0.294 e. The first kappa shape index (κ1) is 12.0. The van der Waals surface area contributed by atoms with Crippen molar-refractivity contribution in [3.63, 3.8) is 0 Å². The molecule has 0 spiro atoms. The zero-order valence-electron chi connectivity index (χ0n) is 11.3. The van der Waals surface area contributed by atoms with Crippen LogP contribution in [0, 0.1) is 5.41 Å². The summed E-state index contributed by atoms with van der Waals surface area (Å²) in [5.41, 5.74) is 3.82. The fourth-order valence-electron chi connectivity index (χ4n) is 3.81. The summed E-state index contributed by atoms with van der Waals surface area (Å²) in [7, 11) is 0. The normalized spacial score (nSPS) is 20.9. The molecule has 1 nitrogen and oxygen atoms in total. The molecule has 2 aliphatic rings. The second kappa shape index (κ2) is 4.53. The lowest BCUT2D eigenvalue weighted by Gasteiger charge is -2.26. The Morgan fingerprint density at radius 2 is 1.83 bits per heavy atom. The Hall–Kier alpha value is -1.11. The van der Waals surface area contributed by atoms with Crippen molar-refractivity contribution >= 4 is 5.78 Å². The summed E-state index contributed by atoms with van der Waals surface area (Å²) < 4.78 is 0. The quantitative estimate of drug-likeness (QED) is 0.721. The van der Waals surface area contributed by atoms with Crippen LogP contribution in [0.1, 0.15) is 66.9 Å². The highest BCUT2D eigenvalue weighted by Gasteiger charge is 2.39. The molecular formula is C17H22O. The Balaban J connectivity index is 1.92. The molecule has 0 unspecified atom stereocenters. The molecule has 0 saturated heterocycles. The molecule has 1 aromatic carbocycles. The lowest BCUT2D eigenvalue weighted by atomic mass is 9.76. The zero-order valence-corrected chi connectivity index (χ0v) is 11.3. The predicted octanol–water partition coefficient (Wildman–Crippen LogP) is 4.33. The van der Waals surface area contributed by atoms with Crippen molar-refractivity contribution in [1.29, 1.82) is 0 Å². The van der Waals surface area contributed by atoms with E-state index in [9.17, 15) is 4.79 Å². The number of hydrogen-bond acceptors (Lipinski definition) is 1. The van der Waals surface area contributed by atoms with Crippen molar-refractivity contribution in [3.05, 3.63) is 34.9 Å². The molecule has 0 radical (unpaired) electrons. The van der Waals surface area contributed by atoms with Gasteiger partial charge >= 0.3 is 0 Å². The number of fused-ring (bicyclic) bond motifs is 1. The smallest absolute Gasteiger partial charge is 0.168 e. The highest BCUT2D eigenvalue weighted by molar-refractivity contribution is 6.01. The van der Waals surface area contributed by atoms with Crippen LogP contribution in [-0.4, -0.2) is 5.78 Å². The van der Waals surface area contributed by atoms with Gasteiger partial charge in [0, 0.05) is 11.0 Å². The van der Waals surface area contributed by atoms with E-state index < -0.39 is 0 Å². The van der Waals surface area contributed by atoms with Crippen molar-refractivity contribution in [2.24, 2.45) is 5.41 Å². The van der Waals surface area contributed by atoms with E-state index >= 15 is 0 Å². The van der Waals surface area contributed by atoms with E-state index in [1.54, 1.807) is 0 Å². The van der Waals surface area contributed by atoms with Crippen molar-refractivity contribution in [2.45, 2.75) is 58.3 Å². The number of ketones is 1. The number of carbonyl (C=O) groups is 1. The van der Waals surface area contributed by atoms with Crippen LogP contribution in [0.3, 0.4) is 0 Å². The Bertz CT molecular complexity index is 466. The first-order chi connectivity index (χ1) is 8.75. The van der Waals surface area contributed by atoms with E-state index in [1.807, 2.05) is 0 Å². The van der Waals surface area contributed by atoms with Gasteiger partial charge in [0.05, 0.1) is 0 Å². The summed E-state index contributed by atoms with van der Waals surface area (Å²) in [5.74, 6) is 0.414. The zero-order chi connectivity index (χ0) is 12.6. The molecule has 2 aliphatic carbocycles. The molecule has 0 N–H and O–H groups in total. The number of rotatable bonds is 3. The maximum atomic E-state index is 12.8. The molecule has 3 rings (SSSR count). The lowest BCUT2D eigenvalue weighted by molar-refractivity contribution is 0.0791. The van der Waals surface area contributed by atoms with Gasteiger partial charge in [-0.05, 0) is 55.7 Å². The summed E-state index contributed by atoms with van der Waals surface area (Å²) >= 11 is 0. The van der Waals surface area contributed by atoms with Crippen LogP contribution in [0.15, 0.2) is 18.2 Å². The Labute approximate surface area is 110 Å². The van der Waals surface area contributed by atoms with Crippen molar-refractivity contribution < 1.29 is 4.79 Å². The third-order valence-corrected chi connectivity index (χ3v) is 5.08. The van der Waals surface area contributed by atoms with E-state index in [0.29, 0.717) is 5.78 Å². The average Bonchev–Trinajstić information content (AvgIpc) is 3.06. The second-order valence-electron chi connectivity index (χ2n) is 6.01. The second-order valence-corrected chi connectivity index (χ2v) is 6.01. The fraction of sp³-hybridized carbons (Fsp3) is 0.588. The monoisotopic (exact) mass is 242 g/mol. The van der Waals surface area contributed by atoms with Gasteiger partial charge in [-0.3, -0.25) is 4.79 Å². The van der Waals surface area contributed by atoms with E-state index in [2.05, 4.69) is 25.1 Å². The van der Waals surface area contributed by atoms with Gasteiger partial charge in [-0.2, -0.15) is 0 Å². The molecule has 1 saturated carbocycles. The summed E-state index contributed by atoms with van der Waals surface area (Å²) in [6, 6.07) is 6.44. The van der Waals surface area contributed by atoms with Gasteiger partial charge in [-0.1, -0.05) is 31.9 Å². The molecule has 1 fully saturated rings. The van der Waals surface area contributed by atoms with Gasteiger partial charge in [0.25, 0.3) is 0 Å². The largest absolute Gasteiger partial charge is 0.294 e. The van der Waals surface area contributed by atoms with Crippen LogP contribution < -0.4 is 0 Å². The molecule has 0 heterocycles. The van der Waals surface area contributed by atoms with Crippen LogP contribution in [0.2, 0.25) is 0 Å². The van der Waals surface area contributed by atoms with E-state index in [4.69, 9.17) is 0 Å². The number of Topliss-reactive ketones (excluding diaryl/α,β-unsaturated/α-hetero) is 1. The Morgan fingerprint density at radius 1 is 1.11 bits per heavy atom. The first-order valence-corrected chi connectivity index (χ1v) is 7.42. The molecule has 18 heavy (non-hydrogen) atoms. The van der Waals surface area contributed by atoms with Gasteiger partial charge in [0.2, 0.25) is 0 Å². The number of carbonyl (C=O) groups excluding carboxylic acids is 1. The summed E-state index contributed by atoms with van der Waals surface area (Å²) in [6.07, 6.45) is 9.26. The molecule has 0 atom stereocenters. The predicted molar refractivity (Wildman–Crippen MR) is 74.0 cm³/mol. The molecular weight excluding hydrogens is 220 g/mol. The topological polar surface area (TPSA) is 17.1 Å². The van der Waals surface area contributed by atoms with E-state index in [1.165, 1.54) is 36.8 Å². The molecule has 0 aromatic heterocycles. The van der Waals surface area contributed by atoms with Gasteiger partial charge < -0.3 is 0 Å². The van der Waals surface area contributed by atoms with Gasteiger partial charge in [-0.25, -0.2) is 0 Å². The molecule has 0 bridgehead atoms. The Kier molecular flexibility index (Phi) is 3.01. The number of aryl methyl sites for hydroxylation is 2. The van der Waals surface area contributed by atoms with Crippen molar-refractivity contribution in [2.75, 3.05) is 0 Å². The highest BCUT2D eigenvalue weighted by atomic mass is 16.1. The third-order valence-electron chi connectivity index (χ3n) is 5.08. The lowest BCUT2D eigenvalue weighted by Crippen LogP contribution is -2.27. The molecule has 0 amide bonds. The van der Waals surface area contributed by atoms with Gasteiger partial charge in [-0.15, -0.1) is 0 Å². The van der Waals surface area contributed by atoms with Gasteiger partial charge in [0.15, 0.2) is 5.78 Å². The van der Waals surface area contributed by atoms with Gasteiger partial charge in [0.1, 0.15) is 0 Å². The van der Waals surface area contributed by atoms with Crippen LogP contribution >= 0.6 is 0 Å². The molecule has 1 heteroatoms. The number of hydrogen-bond donors (Lipinski definition) is 0. The van der Waals surface area contributed by atoms with Crippen LogP contribution in [0.5, 0.6) is 0 Å². The Morgan fingerprint density at radius 3 is 2.56 bits per heavy atom.